The lowest BCUT2D eigenvalue weighted by Gasteiger charge is -2.01. The molecule has 5 nitrogen and oxygen atoms in total. The lowest BCUT2D eigenvalue weighted by Crippen LogP contribution is -2.31. The van der Waals surface area contributed by atoms with Gasteiger partial charge in [-0.1, -0.05) is 0 Å². The Hall–Kier alpha value is -0.810. The molecule has 0 aliphatic rings. The van der Waals surface area contributed by atoms with E-state index in [1.165, 1.54) is 0 Å². The molecule has 0 aliphatic heterocycles. The summed E-state index contributed by atoms with van der Waals surface area (Å²) in [6, 6.07) is -0.979. The standard InChI is InChI=1S/C5H10N2O3.ClH/c6-3(5(9)10)1-2-4(7)8;/h3H,1-2,6H2,(H2,7,8)(H,9,10);1H/t3-;/m0./s1/i4+1,7+1;. The maximum atomic E-state index is 10.1. The van der Waals surface area contributed by atoms with Crippen molar-refractivity contribution in [2.75, 3.05) is 0 Å². The monoisotopic (exact) mass is 184 g/mol. The van der Waals surface area contributed by atoms with E-state index < -0.39 is 17.9 Å². The molecule has 0 aromatic heterocycles. The van der Waals surface area contributed by atoms with Crippen molar-refractivity contribution in [3.8, 4) is 0 Å². The van der Waals surface area contributed by atoms with E-state index in [0.717, 1.165) is 0 Å². The molecule has 0 saturated heterocycles. The molecule has 0 aromatic carbocycles. The number of carbonyl (C=O) groups excluding carboxylic acids is 1. The van der Waals surface area contributed by atoms with E-state index in [0.29, 0.717) is 0 Å². The van der Waals surface area contributed by atoms with Crippen LogP contribution in [0.25, 0.3) is 0 Å². The molecule has 0 bridgehead atoms. The number of aliphatic carboxylic acids is 1. The molecule has 0 saturated carbocycles. The summed E-state index contributed by atoms with van der Waals surface area (Å²) in [6.07, 6.45) is 0.123. The molecule has 11 heavy (non-hydrogen) atoms. The van der Waals surface area contributed by atoms with Crippen molar-refractivity contribution in [3.05, 3.63) is 0 Å². The highest BCUT2D eigenvalue weighted by Crippen LogP contribution is 1.92. The molecule has 1 amide bonds. The Bertz CT molecular complexity index is 151. The molecule has 66 valence electrons. The number of nitrogens with two attached hydrogens (primary N) is 2. The lowest BCUT2D eigenvalue weighted by atomic mass is 10.2. The SMILES string of the molecule is Cl.N[C@@H](CC[13C]([15NH2])=O)C(=O)O. The third-order valence-electron chi connectivity index (χ3n) is 1.02. The number of rotatable bonds is 4. The quantitative estimate of drug-likeness (QED) is 0.388. The van der Waals surface area contributed by atoms with Gasteiger partial charge < -0.3 is 16.6 Å². The second kappa shape index (κ2) is 5.94. The summed E-state index contributed by atoms with van der Waals surface area (Å²) in [5.41, 5.74) is 9.81. The lowest BCUT2D eigenvalue weighted by molar-refractivity contribution is -0.138. The predicted octanol–water partition coefficient (Wildman–Crippen LogP) is -0.914. The molecule has 0 aromatic rings. The maximum absolute atomic E-state index is 10.1. The van der Waals surface area contributed by atoms with Crippen LogP contribution in [0.15, 0.2) is 0 Å². The molecule has 0 spiro atoms. The number of amides is 1. The predicted molar refractivity (Wildman–Crippen MR) is 41.3 cm³/mol. The summed E-state index contributed by atoms with van der Waals surface area (Å²) >= 11 is 0. The van der Waals surface area contributed by atoms with E-state index in [1.807, 2.05) is 0 Å². The summed E-state index contributed by atoms with van der Waals surface area (Å²) in [6.45, 7) is 0. The van der Waals surface area contributed by atoms with Crippen molar-refractivity contribution < 1.29 is 14.7 Å². The Balaban J connectivity index is 0. The summed E-state index contributed by atoms with van der Waals surface area (Å²) in [7, 11) is 0. The van der Waals surface area contributed by atoms with E-state index in [2.05, 4.69) is 0 Å². The van der Waals surface area contributed by atoms with E-state index in [4.69, 9.17) is 16.6 Å². The molecule has 0 unspecified atom stereocenters. The highest BCUT2D eigenvalue weighted by molar-refractivity contribution is 5.85. The van der Waals surface area contributed by atoms with Gasteiger partial charge >= 0.3 is 5.97 Å². The first kappa shape index (κ1) is 12.8. The van der Waals surface area contributed by atoms with E-state index in [-0.39, 0.29) is 25.2 Å². The summed E-state index contributed by atoms with van der Waals surface area (Å²) in [5.74, 6) is -1.64. The van der Waals surface area contributed by atoms with Crippen molar-refractivity contribution in [2.45, 2.75) is 18.9 Å². The summed E-state index contributed by atoms with van der Waals surface area (Å²) in [5, 5.41) is 8.22. The smallest absolute Gasteiger partial charge is 0.320 e. The minimum Gasteiger partial charge on any atom is -0.480 e. The van der Waals surface area contributed by atoms with Crippen molar-refractivity contribution in [3.63, 3.8) is 0 Å². The summed E-state index contributed by atoms with van der Waals surface area (Å²) < 4.78 is 0. The topological polar surface area (TPSA) is 106 Å². The third kappa shape index (κ3) is 7.08. The number of carbonyl (C=O) groups is 2. The first-order valence-electron chi connectivity index (χ1n) is 2.80. The molecule has 5 N–H and O–H groups in total. The average molecular weight is 185 g/mol. The zero-order chi connectivity index (χ0) is 8.15. The molecular weight excluding hydrogens is 174 g/mol. The van der Waals surface area contributed by atoms with Gasteiger partial charge in [-0.15, -0.1) is 12.4 Å². The van der Waals surface area contributed by atoms with Crippen LogP contribution >= 0.6 is 12.4 Å². The number of hydrogen-bond donors (Lipinski definition) is 3. The average Bonchev–Trinajstić information content (AvgIpc) is 1.82. The number of primary amides is 1. The highest BCUT2D eigenvalue weighted by Gasteiger charge is 2.11. The molecule has 0 fully saturated rings. The van der Waals surface area contributed by atoms with Gasteiger partial charge in [-0.3, -0.25) is 9.59 Å². The minimum atomic E-state index is -1.11. The van der Waals surface area contributed by atoms with Crippen LogP contribution in [-0.4, -0.2) is 23.0 Å². The Labute approximate surface area is 70.1 Å². The second-order valence-corrected chi connectivity index (χ2v) is 1.95. The van der Waals surface area contributed by atoms with Crippen LogP contribution in [0.1, 0.15) is 12.8 Å². The van der Waals surface area contributed by atoms with Gasteiger partial charge in [-0.25, -0.2) is 0 Å². The van der Waals surface area contributed by atoms with E-state index in [9.17, 15) is 9.59 Å². The minimum absolute atomic E-state index is 0. The highest BCUT2D eigenvalue weighted by atomic mass is 35.5. The second-order valence-electron chi connectivity index (χ2n) is 1.95. The van der Waals surface area contributed by atoms with Crippen LogP contribution in [0.4, 0.5) is 0 Å². The van der Waals surface area contributed by atoms with Gasteiger partial charge in [0, 0.05) is 6.42 Å². The van der Waals surface area contributed by atoms with Crippen molar-refractivity contribution in [1.82, 2.24) is 0 Å². The molecule has 0 radical (unpaired) electrons. The normalized spacial score (nSPS) is 11.4. The van der Waals surface area contributed by atoms with Gasteiger partial charge in [0.2, 0.25) is 5.91 Å². The van der Waals surface area contributed by atoms with Crippen molar-refractivity contribution >= 4 is 24.3 Å². The van der Waals surface area contributed by atoms with E-state index in [1.54, 1.807) is 0 Å². The van der Waals surface area contributed by atoms with E-state index >= 15 is 0 Å². The molecule has 0 aliphatic carbocycles. The molecule has 0 heterocycles. The number of hydrogen-bond acceptors (Lipinski definition) is 3. The molecular formula is C5H11ClN2O3. The molecule has 0 rings (SSSR count). The number of halogens is 1. The van der Waals surface area contributed by atoms with Gasteiger partial charge in [0.05, 0.1) is 0 Å². The van der Waals surface area contributed by atoms with Crippen LogP contribution < -0.4 is 11.5 Å². The first-order chi connectivity index (χ1) is 4.54. The third-order valence-corrected chi connectivity index (χ3v) is 1.02. The Kier molecular flexibility index (Phi) is 6.92. The zero-order valence-electron chi connectivity index (χ0n) is 5.82. The van der Waals surface area contributed by atoms with Gasteiger partial charge in [0.1, 0.15) is 6.04 Å². The first-order valence-corrected chi connectivity index (χ1v) is 2.80. The van der Waals surface area contributed by atoms with Gasteiger partial charge in [-0.2, -0.15) is 0 Å². The number of carboxylic acids is 1. The fourth-order valence-corrected chi connectivity index (χ4v) is 0.421. The Morgan fingerprint density at radius 3 is 2.18 bits per heavy atom. The maximum Gasteiger partial charge on any atom is 0.320 e. The fraction of sp³-hybridized carbons (Fsp3) is 0.600. The molecule has 6 heteroatoms. The zero-order valence-corrected chi connectivity index (χ0v) is 6.63. The Morgan fingerprint density at radius 2 is 1.91 bits per heavy atom. The fourth-order valence-electron chi connectivity index (χ4n) is 0.421. The van der Waals surface area contributed by atoms with Gasteiger partial charge in [-0.05, 0) is 6.42 Å². The van der Waals surface area contributed by atoms with Gasteiger partial charge in [0.15, 0.2) is 0 Å². The van der Waals surface area contributed by atoms with Crippen molar-refractivity contribution in [1.29, 1.82) is 0 Å². The van der Waals surface area contributed by atoms with Crippen molar-refractivity contribution in [2.24, 2.45) is 11.5 Å². The van der Waals surface area contributed by atoms with Crippen LogP contribution in [0, 0.1) is 0 Å². The van der Waals surface area contributed by atoms with Crippen LogP contribution in [0.5, 0.6) is 0 Å². The Morgan fingerprint density at radius 1 is 1.45 bits per heavy atom. The summed E-state index contributed by atoms with van der Waals surface area (Å²) in [4.78, 5) is 20.1. The largest absolute Gasteiger partial charge is 0.480 e. The van der Waals surface area contributed by atoms with Crippen LogP contribution in [0.2, 0.25) is 0 Å². The van der Waals surface area contributed by atoms with Crippen LogP contribution in [0.3, 0.4) is 0 Å². The van der Waals surface area contributed by atoms with Crippen LogP contribution in [-0.2, 0) is 9.59 Å². The number of carboxylic acid groups (broad SMARTS) is 1. The molecule has 1 atom stereocenters. The van der Waals surface area contributed by atoms with Gasteiger partial charge in [0.25, 0.3) is 0 Å².